The van der Waals surface area contributed by atoms with Gasteiger partial charge in [-0.3, -0.25) is 9.69 Å². The molecule has 0 aliphatic carbocycles. The molecule has 0 aromatic heterocycles. The summed E-state index contributed by atoms with van der Waals surface area (Å²) in [4.78, 5) is 12.7. The van der Waals surface area contributed by atoms with E-state index in [2.05, 4.69) is 5.32 Å². The summed E-state index contributed by atoms with van der Waals surface area (Å²) in [5.41, 5.74) is 4.28. The summed E-state index contributed by atoms with van der Waals surface area (Å²) in [6, 6.07) is -0.697. The van der Waals surface area contributed by atoms with Gasteiger partial charge in [0.25, 0.3) is 0 Å². The second kappa shape index (κ2) is 6.56. The molecule has 0 saturated heterocycles. The smallest absolute Gasteiger partial charge is 0.368 e. The number of likely N-dealkylation sites (N-methyl/N-ethyl adjacent to an activating group) is 1. The van der Waals surface area contributed by atoms with E-state index in [0.717, 1.165) is 0 Å². The molecule has 7 heteroatoms. The van der Waals surface area contributed by atoms with Crippen molar-refractivity contribution in [1.82, 2.24) is 10.2 Å². The van der Waals surface area contributed by atoms with Gasteiger partial charge in [0.15, 0.2) is 0 Å². The largest absolute Gasteiger partial charge is 0.401 e. The number of nitrogens with zero attached hydrogens (tertiary/aromatic N) is 1. The summed E-state index contributed by atoms with van der Waals surface area (Å²) in [6.45, 7) is 5.67. The van der Waals surface area contributed by atoms with Crippen LogP contribution in [0.1, 0.15) is 34.1 Å². The molecular weight excluding hydrogens is 259 g/mol. The first kappa shape index (κ1) is 18.2. The Balaban J connectivity index is 4.92. The van der Waals surface area contributed by atoms with Crippen molar-refractivity contribution in [3.05, 3.63) is 0 Å². The molecule has 2 atom stereocenters. The molecule has 0 radical (unpaired) electrons. The molecule has 0 aliphatic heterocycles. The Morgan fingerprint density at radius 2 is 1.79 bits per heavy atom. The zero-order chi connectivity index (χ0) is 15.4. The summed E-state index contributed by atoms with van der Waals surface area (Å²) >= 11 is 0. The van der Waals surface area contributed by atoms with Crippen LogP contribution in [0.2, 0.25) is 0 Å². The zero-order valence-corrected chi connectivity index (χ0v) is 12.1. The predicted octanol–water partition coefficient (Wildman–Crippen LogP) is 1.50. The number of carbonyl (C=O) groups excluding carboxylic acids is 1. The summed E-state index contributed by atoms with van der Waals surface area (Å²) < 4.78 is 37.7. The molecule has 4 nitrogen and oxygen atoms in total. The minimum atomic E-state index is -4.26. The number of nitrogens with one attached hydrogen (secondary N) is 1. The topological polar surface area (TPSA) is 58.4 Å². The van der Waals surface area contributed by atoms with Gasteiger partial charge in [-0.15, -0.1) is 0 Å². The van der Waals surface area contributed by atoms with E-state index in [-0.39, 0.29) is 12.5 Å². The Morgan fingerprint density at radius 3 is 2.05 bits per heavy atom. The molecule has 1 amide bonds. The Morgan fingerprint density at radius 1 is 1.32 bits per heavy atom. The number of primary amides is 1. The molecule has 0 saturated carbocycles. The van der Waals surface area contributed by atoms with Gasteiger partial charge < -0.3 is 11.1 Å². The third-order valence-electron chi connectivity index (χ3n) is 3.39. The van der Waals surface area contributed by atoms with Crippen LogP contribution >= 0.6 is 0 Å². The van der Waals surface area contributed by atoms with Crippen LogP contribution in [-0.4, -0.2) is 48.2 Å². The highest BCUT2D eigenvalue weighted by Crippen LogP contribution is 2.23. The van der Waals surface area contributed by atoms with Gasteiger partial charge >= 0.3 is 6.18 Å². The van der Waals surface area contributed by atoms with Gasteiger partial charge in [-0.25, -0.2) is 0 Å². The average molecular weight is 283 g/mol. The molecule has 0 bridgehead atoms. The second-order valence-corrected chi connectivity index (χ2v) is 5.38. The summed E-state index contributed by atoms with van der Waals surface area (Å²) in [7, 11) is 1.57. The van der Waals surface area contributed by atoms with Gasteiger partial charge in [0, 0.05) is 12.1 Å². The van der Waals surface area contributed by atoms with E-state index in [4.69, 9.17) is 5.73 Å². The lowest BCUT2D eigenvalue weighted by molar-refractivity contribution is -0.155. The second-order valence-electron chi connectivity index (χ2n) is 5.38. The number of amides is 1. The molecule has 3 N–H and O–H groups in total. The third-order valence-corrected chi connectivity index (χ3v) is 3.39. The fourth-order valence-electron chi connectivity index (χ4n) is 2.09. The van der Waals surface area contributed by atoms with Crippen LogP contribution in [0.5, 0.6) is 0 Å². The van der Waals surface area contributed by atoms with Gasteiger partial charge in [0.05, 0.1) is 12.1 Å². The van der Waals surface area contributed by atoms with Crippen LogP contribution in [0.15, 0.2) is 0 Å². The van der Waals surface area contributed by atoms with Crippen LogP contribution < -0.4 is 11.1 Å². The van der Waals surface area contributed by atoms with E-state index in [1.54, 1.807) is 34.7 Å². The number of halogens is 3. The van der Waals surface area contributed by atoms with Crippen molar-refractivity contribution in [3.63, 3.8) is 0 Å². The predicted molar refractivity (Wildman–Crippen MR) is 68.6 cm³/mol. The van der Waals surface area contributed by atoms with Crippen molar-refractivity contribution in [1.29, 1.82) is 0 Å². The van der Waals surface area contributed by atoms with Gasteiger partial charge in [-0.1, -0.05) is 0 Å². The average Bonchev–Trinajstić information content (AvgIpc) is 2.23. The van der Waals surface area contributed by atoms with E-state index in [9.17, 15) is 18.0 Å². The lowest BCUT2D eigenvalue weighted by Crippen LogP contribution is -2.56. The van der Waals surface area contributed by atoms with Crippen molar-refractivity contribution in [2.45, 2.75) is 57.9 Å². The number of rotatable bonds is 7. The number of nitrogens with two attached hydrogens (primary N) is 1. The Labute approximate surface area is 112 Å². The number of hydrogen-bond acceptors (Lipinski definition) is 3. The lowest BCUT2D eigenvalue weighted by Gasteiger charge is -2.37. The Kier molecular flexibility index (Phi) is 6.28. The molecule has 0 spiro atoms. The summed E-state index contributed by atoms with van der Waals surface area (Å²) in [5.74, 6) is -0.572. The van der Waals surface area contributed by atoms with Crippen molar-refractivity contribution in [3.8, 4) is 0 Å². The number of hydrogen-bond donors (Lipinski definition) is 2. The molecule has 0 fully saturated rings. The van der Waals surface area contributed by atoms with Crippen LogP contribution in [0.4, 0.5) is 13.2 Å². The molecule has 19 heavy (non-hydrogen) atoms. The lowest BCUT2D eigenvalue weighted by atomic mass is 9.92. The fourth-order valence-corrected chi connectivity index (χ4v) is 2.09. The summed E-state index contributed by atoms with van der Waals surface area (Å²) in [6.07, 6.45) is -4.05. The van der Waals surface area contributed by atoms with Gasteiger partial charge in [-0.05, 0) is 41.2 Å². The minimum Gasteiger partial charge on any atom is -0.368 e. The van der Waals surface area contributed by atoms with E-state index in [0.29, 0.717) is 0 Å². The first-order valence-electron chi connectivity index (χ1n) is 6.24. The molecule has 114 valence electrons. The van der Waals surface area contributed by atoms with Crippen LogP contribution in [0, 0.1) is 0 Å². The van der Waals surface area contributed by atoms with Crippen LogP contribution in [0.3, 0.4) is 0 Å². The first-order valence-corrected chi connectivity index (χ1v) is 6.24. The van der Waals surface area contributed by atoms with Gasteiger partial charge in [0.1, 0.15) is 0 Å². The molecule has 0 heterocycles. The maximum atomic E-state index is 12.6. The molecule has 0 rings (SSSR count). The normalized spacial score (nSPS) is 17.6. The van der Waals surface area contributed by atoms with Gasteiger partial charge in [-0.2, -0.15) is 13.2 Å². The molecule has 2 unspecified atom stereocenters. The zero-order valence-electron chi connectivity index (χ0n) is 12.1. The first-order chi connectivity index (χ1) is 8.43. The maximum absolute atomic E-state index is 12.6. The molecule has 0 aromatic carbocycles. The maximum Gasteiger partial charge on any atom is 0.401 e. The van der Waals surface area contributed by atoms with E-state index >= 15 is 0 Å². The summed E-state index contributed by atoms with van der Waals surface area (Å²) in [5, 5.41) is 2.78. The molecule has 0 aromatic rings. The van der Waals surface area contributed by atoms with Crippen molar-refractivity contribution in [2.24, 2.45) is 5.73 Å². The van der Waals surface area contributed by atoms with E-state index in [1.807, 2.05) is 0 Å². The SMILES string of the molecule is CNC(C)(CC(C)N(CC(F)(F)F)C(C)C)C(N)=O. The van der Waals surface area contributed by atoms with E-state index in [1.165, 1.54) is 4.90 Å². The van der Waals surface area contributed by atoms with Gasteiger partial charge in [0.2, 0.25) is 5.91 Å². The number of carbonyl (C=O) groups is 1. The van der Waals surface area contributed by atoms with Crippen LogP contribution in [-0.2, 0) is 4.79 Å². The highest BCUT2D eigenvalue weighted by molar-refractivity contribution is 5.84. The standard InChI is InChI=1S/C12H24F3N3O/c1-8(2)18(7-12(13,14)15)9(3)6-11(4,17-5)10(16)19/h8-9,17H,6-7H2,1-5H3,(H2,16,19). The fraction of sp³-hybridized carbons (Fsp3) is 0.917. The highest BCUT2D eigenvalue weighted by Gasteiger charge is 2.38. The number of alkyl halides is 3. The minimum absolute atomic E-state index is 0.215. The van der Waals surface area contributed by atoms with Crippen molar-refractivity contribution in [2.75, 3.05) is 13.6 Å². The van der Waals surface area contributed by atoms with E-state index < -0.39 is 30.2 Å². The Hall–Kier alpha value is -0.820. The van der Waals surface area contributed by atoms with Crippen molar-refractivity contribution >= 4 is 5.91 Å². The Bertz CT molecular complexity index is 307. The molecular formula is C12H24F3N3O. The van der Waals surface area contributed by atoms with Crippen molar-refractivity contribution < 1.29 is 18.0 Å². The highest BCUT2D eigenvalue weighted by atomic mass is 19.4. The monoisotopic (exact) mass is 283 g/mol. The van der Waals surface area contributed by atoms with Crippen LogP contribution in [0.25, 0.3) is 0 Å². The molecule has 0 aliphatic rings. The quantitative estimate of drug-likeness (QED) is 0.744. The third kappa shape index (κ3) is 5.78.